The molecular formula is C34H37Cl3N4O10S. The number of aromatic hydroxyl groups is 1. The standard InChI is InChI=1S/C34H37Cl3N4O10S/c1-14-6-17-7-21-18(9-38)39-19-10-47-32(44)20(40-33(45)48-12-34(35,36)37)11-52-23(8-22(41(21)4)24(17)27(43)28(14)46-5)26-25(19)31-30(49-13-50-31)15(2)29(26)51-16(3)42/h6,18-23,39,43H,7-8,10-13H2,1-5H3,(H,40,45)/t18-,19-,20-,21-,22+,23-/m0/s1. The molecule has 280 valence electrons. The lowest BCUT2D eigenvalue weighted by Gasteiger charge is -2.46. The summed E-state index contributed by atoms with van der Waals surface area (Å²) in [6.07, 6.45) is -0.329. The molecule has 2 aromatic rings. The van der Waals surface area contributed by atoms with E-state index in [2.05, 4.69) is 21.6 Å². The quantitative estimate of drug-likeness (QED) is 0.214. The molecule has 2 aromatic carbocycles. The fraction of sp³-hybridized carbons (Fsp3) is 0.529. The van der Waals surface area contributed by atoms with E-state index in [9.17, 15) is 24.8 Å². The molecule has 0 spiro atoms. The van der Waals surface area contributed by atoms with Crippen molar-refractivity contribution in [3.63, 3.8) is 0 Å². The molecule has 0 aromatic heterocycles. The summed E-state index contributed by atoms with van der Waals surface area (Å²) in [6.45, 7) is 3.88. The van der Waals surface area contributed by atoms with Crippen LogP contribution in [0.25, 0.3) is 0 Å². The Bertz CT molecular complexity index is 1840. The van der Waals surface area contributed by atoms with Crippen LogP contribution in [0.3, 0.4) is 0 Å². The number of phenolic OH excluding ortho intramolecular Hbond substituents is 1. The van der Waals surface area contributed by atoms with Gasteiger partial charge >= 0.3 is 18.0 Å². The number of phenols is 1. The Morgan fingerprint density at radius 2 is 1.90 bits per heavy atom. The Morgan fingerprint density at radius 1 is 1.17 bits per heavy atom. The molecule has 0 saturated heterocycles. The molecule has 4 aliphatic heterocycles. The number of ether oxygens (including phenoxy) is 6. The summed E-state index contributed by atoms with van der Waals surface area (Å²) in [4.78, 5) is 41.2. The Morgan fingerprint density at radius 3 is 2.58 bits per heavy atom. The van der Waals surface area contributed by atoms with Gasteiger partial charge in [0, 0.05) is 52.3 Å². The minimum absolute atomic E-state index is 0.0174. The maximum atomic E-state index is 13.7. The number of likely N-dealkylation sites (N-methyl/N-ethyl adjacent to an activating group) is 1. The highest BCUT2D eigenvalue weighted by Crippen LogP contribution is 2.57. The number of fused-ring (bicyclic) bond motifs is 5. The summed E-state index contributed by atoms with van der Waals surface area (Å²) in [6, 6.07) is 0.495. The van der Waals surface area contributed by atoms with E-state index in [0.717, 1.165) is 11.1 Å². The molecule has 0 aliphatic carbocycles. The molecule has 3 N–H and O–H groups in total. The van der Waals surface area contributed by atoms with Crippen LogP contribution in [0, 0.1) is 25.2 Å². The summed E-state index contributed by atoms with van der Waals surface area (Å²) in [5.41, 5.74) is 3.77. The third-order valence-corrected chi connectivity index (χ3v) is 11.4. The van der Waals surface area contributed by atoms with Crippen molar-refractivity contribution < 1.29 is 47.9 Å². The second kappa shape index (κ2) is 15.1. The number of carbonyl (C=O) groups excluding carboxylic acids is 3. The maximum Gasteiger partial charge on any atom is 0.408 e. The van der Waals surface area contributed by atoms with Crippen LogP contribution in [0.4, 0.5) is 4.79 Å². The van der Waals surface area contributed by atoms with E-state index in [0.29, 0.717) is 45.9 Å². The van der Waals surface area contributed by atoms with Crippen LogP contribution in [0.15, 0.2) is 6.07 Å². The van der Waals surface area contributed by atoms with E-state index in [-0.39, 0.29) is 37.1 Å². The number of nitrogens with one attached hydrogen (secondary N) is 2. The number of alkyl carbamates (subject to hydrolysis) is 1. The van der Waals surface area contributed by atoms with E-state index in [1.54, 1.807) is 6.92 Å². The fourth-order valence-electron chi connectivity index (χ4n) is 7.47. The van der Waals surface area contributed by atoms with Crippen LogP contribution in [0.1, 0.15) is 64.1 Å². The predicted molar refractivity (Wildman–Crippen MR) is 191 cm³/mol. The van der Waals surface area contributed by atoms with E-state index in [1.165, 1.54) is 25.8 Å². The topological polar surface area (TPSA) is 178 Å². The zero-order valence-electron chi connectivity index (χ0n) is 28.8. The van der Waals surface area contributed by atoms with Crippen LogP contribution in [0.2, 0.25) is 0 Å². The van der Waals surface area contributed by atoms with Crippen molar-refractivity contribution in [2.45, 2.75) is 72.9 Å². The van der Waals surface area contributed by atoms with Crippen LogP contribution >= 0.6 is 46.6 Å². The highest BCUT2D eigenvalue weighted by atomic mass is 35.6. The van der Waals surface area contributed by atoms with E-state index < -0.39 is 63.9 Å². The Kier molecular flexibility index (Phi) is 11.1. The third kappa shape index (κ3) is 7.34. The summed E-state index contributed by atoms with van der Waals surface area (Å²) < 4.78 is 32.6. The number of cyclic esters (lactones) is 1. The van der Waals surface area contributed by atoms with Gasteiger partial charge in [0.2, 0.25) is 10.6 Å². The number of hydrogen-bond acceptors (Lipinski definition) is 14. The predicted octanol–water partition coefficient (Wildman–Crippen LogP) is 4.99. The number of methoxy groups -OCH3 is 1. The molecule has 0 fully saturated rings. The van der Waals surface area contributed by atoms with Crippen molar-refractivity contribution in [3.8, 4) is 34.8 Å². The van der Waals surface area contributed by atoms with Gasteiger partial charge in [-0.1, -0.05) is 40.9 Å². The number of alkyl halides is 3. The van der Waals surface area contributed by atoms with Crippen molar-refractivity contribution in [2.24, 2.45) is 0 Å². The van der Waals surface area contributed by atoms with Gasteiger partial charge in [0.05, 0.1) is 19.2 Å². The SMILES string of the molecule is COc1c(C)cc2c(c1O)[C@H]1C[C@@H]3SC[C@H](NC(=O)OCC(Cl)(Cl)Cl)C(=O)OC[C@H](N[C@@H](C#N)[C@H](C2)N1C)c1c2c(c(C)c(OC(C)=O)c13)OCO2. The van der Waals surface area contributed by atoms with Crippen molar-refractivity contribution in [1.82, 2.24) is 15.5 Å². The van der Waals surface area contributed by atoms with Gasteiger partial charge in [-0.15, -0.1) is 0 Å². The number of thioether (sulfide) groups is 1. The molecule has 18 heteroatoms. The maximum absolute atomic E-state index is 13.7. The van der Waals surface area contributed by atoms with E-state index >= 15 is 0 Å². The van der Waals surface area contributed by atoms with Crippen LogP contribution < -0.4 is 29.6 Å². The van der Waals surface area contributed by atoms with Crippen molar-refractivity contribution in [3.05, 3.63) is 39.4 Å². The van der Waals surface area contributed by atoms with Gasteiger partial charge < -0.3 is 38.8 Å². The zero-order valence-corrected chi connectivity index (χ0v) is 31.9. The molecule has 0 unspecified atom stereocenters. The first kappa shape index (κ1) is 38.2. The molecule has 14 nitrogen and oxygen atoms in total. The number of aryl methyl sites for hydroxylation is 1. The lowest BCUT2D eigenvalue weighted by molar-refractivity contribution is -0.146. The smallest absolute Gasteiger partial charge is 0.408 e. The van der Waals surface area contributed by atoms with Crippen LogP contribution in [0.5, 0.6) is 28.7 Å². The van der Waals surface area contributed by atoms with Gasteiger partial charge in [-0.2, -0.15) is 17.0 Å². The van der Waals surface area contributed by atoms with Gasteiger partial charge in [0.15, 0.2) is 23.0 Å². The first-order chi connectivity index (χ1) is 24.6. The van der Waals surface area contributed by atoms with Crippen molar-refractivity contribution >= 4 is 64.6 Å². The van der Waals surface area contributed by atoms with Gasteiger partial charge in [0.25, 0.3) is 0 Å². The summed E-state index contributed by atoms with van der Waals surface area (Å²) >= 11 is 18.6. The van der Waals surface area contributed by atoms with Gasteiger partial charge in [-0.3, -0.25) is 15.0 Å². The second-order valence-electron chi connectivity index (χ2n) is 12.9. The summed E-state index contributed by atoms with van der Waals surface area (Å²) in [5.74, 6) is -0.136. The zero-order chi connectivity index (χ0) is 37.6. The highest BCUT2D eigenvalue weighted by Gasteiger charge is 2.46. The largest absolute Gasteiger partial charge is 0.504 e. The van der Waals surface area contributed by atoms with Crippen molar-refractivity contribution in [2.75, 3.05) is 39.9 Å². The third-order valence-electron chi connectivity index (χ3n) is 9.68. The monoisotopic (exact) mass is 798 g/mol. The lowest BCUT2D eigenvalue weighted by Crippen LogP contribution is -2.55. The number of rotatable bonds is 4. The number of hydrogen-bond donors (Lipinski definition) is 3. The second-order valence-corrected chi connectivity index (χ2v) is 16.7. The highest BCUT2D eigenvalue weighted by molar-refractivity contribution is 7.99. The first-order valence-corrected chi connectivity index (χ1v) is 18.5. The molecule has 0 saturated carbocycles. The molecular weight excluding hydrogens is 763 g/mol. The van der Waals surface area contributed by atoms with E-state index in [4.69, 9.17) is 63.2 Å². The Labute approximate surface area is 319 Å². The molecule has 1 amide bonds. The van der Waals surface area contributed by atoms with Gasteiger partial charge in [-0.05, 0) is 44.9 Å². The normalized spacial score (nSPS) is 25.5. The fourth-order valence-corrected chi connectivity index (χ4v) is 9.00. The minimum Gasteiger partial charge on any atom is -0.504 e. The number of nitrogens with zero attached hydrogens (tertiary/aromatic N) is 2. The minimum atomic E-state index is -1.88. The Balaban J connectivity index is 1.57. The lowest BCUT2D eigenvalue weighted by atomic mass is 9.80. The van der Waals surface area contributed by atoms with Crippen LogP contribution in [-0.2, 0) is 25.5 Å². The van der Waals surface area contributed by atoms with Crippen molar-refractivity contribution in [1.29, 1.82) is 5.26 Å². The summed E-state index contributed by atoms with van der Waals surface area (Å²) in [5, 5.41) is 27.8. The molecule has 52 heavy (non-hydrogen) atoms. The first-order valence-electron chi connectivity index (χ1n) is 16.3. The molecule has 4 bridgehead atoms. The number of carbonyl (C=O) groups is 3. The number of amides is 1. The average Bonchev–Trinajstić information content (AvgIpc) is 3.57. The van der Waals surface area contributed by atoms with Crippen LogP contribution in [-0.4, -0.2) is 89.9 Å². The Hall–Kier alpha value is -3.52. The average molecular weight is 800 g/mol. The molecule has 6 atom stereocenters. The molecule has 4 heterocycles. The van der Waals surface area contributed by atoms with E-state index in [1.807, 2.05) is 20.0 Å². The number of benzene rings is 2. The number of esters is 2. The number of nitriles is 1. The molecule has 6 rings (SSSR count). The van der Waals surface area contributed by atoms with Gasteiger partial charge in [-0.25, -0.2) is 9.59 Å². The molecule has 4 aliphatic rings. The number of halogens is 3. The van der Waals surface area contributed by atoms with Gasteiger partial charge in [0.1, 0.15) is 31.0 Å². The molecule has 0 radical (unpaired) electrons. The summed E-state index contributed by atoms with van der Waals surface area (Å²) in [7, 11) is 3.38.